The first-order valence-electron chi connectivity index (χ1n) is 12.5. The fraction of sp³-hybridized carbons (Fsp3) is 0.682. The summed E-state index contributed by atoms with van der Waals surface area (Å²) in [7, 11) is 0. The van der Waals surface area contributed by atoms with Crippen molar-refractivity contribution in [2.45, 2.75) is 76.5 Å². The van der Waals surface area contributed by atoms with Crippen molar-refractivity contribution in [3.63, 3.8) is 0 Å². The maximum absolute atomic E-state index is 13.2. The van der Waals surface area contributed by atoms with Crippen LogP contribution in [0.15, 0.2) is 9.98 Å². The molecule has 0 fully saturated rings. The van der Waals surface area contributed by atoms with E-state index in [0.717, 1.165) is 0 Å². The molecule has 0 unspecified atom stereocenters. The van der Waals surface area contributed by atoms with E-state index in [1.165, 1.54) is 0 Å². The summed E-state index contributed by atoms with van der Waals surface area (Å²) < 4.78 is 0. The third-order valence-corrected chi connectivity index (χ3v) is 5.70. The molecular formula is C22H43N11O6. The molecule has 0 saturated carbocycles. The maximum atomic E-state index is 13.2. The molecule has 0 rings (SSSR count). The van der Waals surface area contributed by atoms with Gasteiger partial charge in [-0.05, 0) is 31.6 Å². The van der Waals surface area contributed by atoms with E-state index in [-0.39, 0.29) is 37.9 Å². The Morgan fingerprint density at radius 2 is 1.28 bits per heavy atom. The van der Waals surface area contributed by atoms with Crippen molar-refractivity contribution in [3.05, 3.63) is 0 Å². The van der Waals surface area contributed by atoms with Crippen LogP contribution in [0.25, 0.3) is 0 Å². The monoisotopic (exact) mass is 557 g/mol. The first-order chi connectivity index (χ1) is 18.2. The minimum atomic E-state index is -1.58. The number of guanidine groups is 2. The molecule has 0 aromatic rings. The van der Waals surface area contributed by atoms with Gasteiger partial charge in [0, 0.05) is 13.1 Å². The lowest BCUT2D eigenvalue weighted by atomic mass is 9.97. The number of nitrogens with one attached hydrogen (secondary N) is 3. The number of amides is 4. The molecule has 0 radical (unpaired) electrons. The first-order valence-corrected chi connectivity index (χ1v) is 12.5. The van der Waals surface area contributed by atoms with E-state index in [0.29, 0.717) is 19.3 Å². The fourth-order valence-corrected chi connectivity index (χ4v) is 3.32. The van der Waals surface area contributed by atoms with Gasteiger partial charge in [-0.3, -0.25) is 29.2 Å². The number of nitrogens with two attached hydrogens (primary N) is 6. The van der Waals surface area contributed by atoms with E-state index in [2.05, 4.69) is 25.9 Å². The molecule has 222 valence electrons. The molecular weight excluding hydrogens is 514 g/mol. The molecule has 17 nitrogen and oxygen atoms in total. The number of hydrogen-bond donors (Lipinski definition) is 10. The van der Waals surface area contributed by atoms with Crippen LogP contribution in [0, 0.1) is 5.92 Å². The van der Waals surface area contributed by atoms with Gasteiger partial charge in [0.15, 0.2) is 11.9 Å². The summed E-state index contributed by atoms with van der Waals surface area (Å²) in [6.45, 7) is 3.89. The van der Waals surface area contributed by atoms with Gasteiger partial charge in [-0.2, -0.15) is 0 Å². The molecule has 0 bridgehead atoms. The molecule has 17 heteroatoms. The Morgan fingerprint density at radius 3 is 1.74 bits per heavy atom. The van der Waals surface area contributed by atoms with Crippen molar-refractivity contribution in [1.29, 1.82) is 0 Å². The molecule has 0 aromatic carbocycles. The Bertz CT molecular complexity index is 903. The van der Waals surface area contributed by atoms with Crippen LogP contribution in [-0.2, 0) is 24.0 Å². The van der Waals surface area contributed by atoms with Crippen molar-refractivity contribution in [1.82, 2.24) is 16.0 Å². The van der Waals surface area contributed by atoms with Crippen LogP contribution in [0.1, 0.15) is 52.4 Å². The number of nitrogens with zero attached hydrogens (tertiary/aromatic N) is 2. The third kappa shape index (κ3) is 15.0. The van der Waals surface area contributed by atoms with Gasteiger partial charge in [0.05, 0.1) is 12.5 Å². The molecule has 4 amide bonds. The van der Waals surface area contributed by atoms with Crippen molar-refractivity contribution in [3.8, 4) is 0 Å². The molecule has 16 N–H and O–H groups in total. The SMILES string of the molecule is CC[C@H](C)[C@H](NC(=O)[C@H](CCCN=C(N)N)NC(=O)[C@@H](N)CCCN=C(N)N)C(=O)N[C@@H](CC(N)=O)C(=O)O. The van der Waals surface area contributed by atoms with Gasteiger partial charge in [-0.15, -0.1) is 0 Å². The Kier molecular flexibility index (Phi) is 16.2. The highest BCUT2D eigenvalue weighted by molar-refractivity contribution is 5.95. The van der Waals surface area contributed by atoms with Crippen molar-refractivity contribution in [2.75, 3.05) is 13.1 Å². The first kappa shape index (κ1) is 34.9. The van der Waals surface area contributed by atoms with Crippen molar-refractivity contribution >= 4 is 41.5 Å². The van der Waals surface area contributed by atoms with E-state index in [9.17, 15) is 29.1 Å². The number of aliphatic carboxylic acids is 1. The lowest BCUT2D eigenvalue weighted by Crippen LogP contribution is -2.59. The van der Waals surface area contributed by atoms with Gasteiger partial charge in [-0.1, -0.05) is 20.3 Å². The van der Waals surface area contributed by atoms with Crippen LogP contribution < -0.4 is 50.4 Å². The van der Waals surface area contributed by atoms with E-state index in [1.54, 1.807) is 13.8 Å². The number of aliphatic imine (C=N–C) groups is 2. The average molecular weight is 558 g/mol. The molecule has 0 aromatic heterocycles. The predicted octanol–water partition coefficient (Wildman–Crippen LogP) is -4.12. The average Bonchev–Trinajstić information content (AvgIpc) is 2.84. The zero-order valence-electron chi connectivity index (χ0n) is 22.4. The Hall–Kier alpha value is -4.15. The molecule has 0 spiro atoms. The predicted molar refractivity (Wildman–Crippen MR) is 144 cm³/mol. The van der Waals surface area contributed by atoms with E-state index < -0.39 is 66.1 Å². The minimum absolute atomic E-state index is 0.0882. The third-order valence-electron chi connectivity index (χ3n) is 5.70. The van der Waals surface area contributed by atoms with Gasteiger partial charge in [-0.25, -0.2) is 4.79 Å². The molecule has 39 heavy (non-hydrogen) atoms. The molecule has 5 atom stereocenters. The Morgan fingerprint density at radius 1 is 0.769 bits per heavy atom. The van der Waals surface area contributed by atoms with Gasteiger partial charge in [0.25, 0.3) is 0 Å². The zero-order valence-corrected chi connectivity index (χ0v) is 22.4. The number of carboxylic acid groups (broad SMARTS) is 1. The lowest BCUT2D eigenvalue weighted by molar-refractivity contribution is -0.144. The molecule has 0 aliphatic rings. The van der Waals surface area contributed by atoms with E-state index in [4.69, 9.17) is 34.4 Å². The summed E-state index contributed by atoms with van der Waals surface area (Å²) in [6.07, 6.45) is 0.861. The highest BCUT2D eigenvalue weighted by Gasteiger charge is 2.33. The quantitative estimate of drug-likeness (QED) is 0.0413. The topological polar surface area (TPSA) is 323 Å². The fourth-order valence-electron chi connectivity index (χ4n) is 3.32. The van der Waals surface area contributed by atoms with Crippen LogP contribution in [0.4, 0.5) is 0 Å². The summed E-state index contributed by atoms with van der Waals surface area (Å²) >= 11 is 0. The van der Waals surface area contributed by atoms with E-state index in [1.807, 2.05) is 0 Å². The van der Waals surface area contributed by atoms with Crippen LogP contribution in [0.2, 0.25) is 0 Å². The number of carbonyl (C=O) groups excluding carboxylic acids is 4. The van der Waals surface area contributed by atoms with Crippen LogP contribution in [-0.4, -0.2) is 83.9 Å². The summed E-state index contributed by atoms with van der Waals surface area (Å²) in [5.74, 6) is -5.20. The number of carbonyl (C=O) groups is 5. The highest BCUT2D eigenvalue weighted by Crippen LogP contribution is 2.11. The van der Waals surface area contributed by atoms with Gasteiger partial charge < -0.3 is 55.5 Å². The molecule has 0 aliphatic carbocycles. The van der Waals surface area contributed by atoms with Crippen LogP contribution >= 0.6 is 0 Å². The number of primary amides is 1. The molecule has 0 aliphatic heterocycles. The number of rotatable bonds is 19. The van der Waals surface area contributed by atoms with Crippen LogP contribution in [0.5, 0.6) is 0 Å². The van der Waals surface area contributed by atoms with Crippen molar-refractivity contribution in [2.24, 2.45) is 50.3 Å². The van der Waals surface area contributed by atoms with Gasteiger partial charge >= 0.3 is 5.97 Å². The second-order valence-corrected chi connectivity index (χ2v) is 9.01. The zero-order chi connectivity index (χ0) is 30.1. The second-order valence-electron chi connectivity index (χ2n) is 9.01. The Balaban J connectivity index is 5.63. The van der Waals surface area contributed by atoms with E-state index >= 15 is 0 Å². The van der Waals surface area contributed by atoms with Gasteiger partial charge in [0.1, 0.15) is 18.1 Å². The highest BCUT2D eigenvalue weighted by atomic mass is 16.4. The van der Waals surface area contributed by atoms with Crippen LogP contribution in [0.3, 0.4) is 0 Å². The smallest absolute Gasteiger partial charge is 0.326 e. The van der Waals surface area contributed by atoms with Crippen molar-refractivity contribution < 1.29 is 29.1 Å². The molecule has 0 heterocycles. The number of carboxylic acids is 1. The number of hydrogen-bond acceptors (Lipinski definition) is 8. The second kappa shape index (κ2) is 18.2. The lowest BCUT2D eigenvalue weighted by Gasteiger charge is -2.28. The largest absolute Gasteiger partial charge is 0.480 e. The minimum Gasteiger partial charge on any atom is -0.480 e. The Labute approximate surface area is 226 Å². The van der Waals surface area contributed by atoms with Gasteiger partial charge in [0.2, 0.25) is 23.6 Å². The summed E-state index contributed by atoms with van der Waals surface area (Å²) in [4.78, 5) is 69.2. The molecule has 0 saturated heterocycles. The maximum Gasteiger partial charge on any atom is 0.326 e. The standard InChI is InChI=1S/C22H43N11O6/c1-3-11(2)16(19(37)32-14(20(38)39)10-15(24)34)33-18(36)13(7-5-9-30-22(27)28)31-17(35)12(23)6-4-8-29-21(25)26/h11-14,16H,3-10,23H2,1-2H3,(H2,24,34)(H,31,35)(H,32,37)(H,33,36)(H,38,39)(H4,25,26,29)(H4,27,28,30)/t11-,12-,13-,14-,16-/m0/s1. The summed E-state index contributed by atoms with van der Waals surface area (Å²) in [5, 5.41) is 16.7. The normalized spacial score (nSPS) is 14.4. The summed E-state index contributed by atoms with van der Waals surface area (Å²) in [6, 6.07) is -4.84. The summed E-state index contributed by atoms with van der Waals surface area (Å²) in [5.41, 5.74) is 32.2.